The van der Waals surface area contributed by atoms with Gasteiger partial charge >= 0.3 is 0 Å². The Bertz CT molecular complexity index is 807. The number of nitrogens with zero attached hydrogens (tertiary/aromatic N) is 3. The van der Waals surface area contributed by atoms with Gasteiger partial charge in [-0.2, -0.15) is 0 Å². The lowest BCUT2D eigenvalue weighted by molar-refractivity contribution is -0.134. The summed E-state index contributed by atoms with van der Waals surface area (Å²) in [6.07, 6.45) is 0.963. The molecule has 1 unspecified atom stereocenters. The minimum atomic E-state index is -0.260. The highest BCUT2D eigenvalue weighted by Gasteiger charge is 2.28. The SMILES string of the molecule is Cn1c(N2CCNCC2)nc2ccc(C3CCC(=O)NC3=O)cc21. The molecular weight excluding hydrogens is 306 g/mol. The molecule has 2 aliphatic heterocycles. The Morgan fingerprint density at radius 3 is 2.75 bits per heavy atom. The fourth-order valence-electron chi connectivity index (χ4n) is 3.57. The predicted molar refractivity (Wildman–Crippen MR) is 90.9 cm³/mol. The molecule has 2 fully saturated rings. The molecule has 1 aromatic heterocycles. The first kappa shape index (κ1) is 15.1. The van der Waals surface area contributed by atoms with Crippen LogP contribution in [0.1, 0.15) is 24.3 Å². The number of hydrogen-bond acceptors (Lipinski definition) is 5. The molecule has 2 saturated heterocycles. The van der Waals surface area contributed by atoms with E-state index < -0.39 is 0 Å². The Morgan fingerprint density at radius 2 is 2.00 bits per heavy atom. The van der Waals surface area contributed by atoms with Gasteiger partial charge in [0.25, 0.3) is 0 Å². The lowest BCUT2D eigenvalue weighted by Crippen LogP contribution is -2.44. The summed E-state index contributed by atoms with van der Waals surface area (Å²) in [6, 6.07) is 5.96. The summed E-state index contributed by atoms with van der Waals surface area (Å²) in [6.45, 7) is 3.81. The molecule has 0 bridgehead atoms. The second-order valence-corrected chi connectivity index (χ2v) is 6.46. The van der Waals surface area contributed by atoms with E-state index >= 15 is 0 Å². The van der Waals surface area contributed by atoms with Gasteiger partial charge in [-0.25, -0.2) is 4.98 Å². The molecule has 3 heterocycles. The average molecular weight is 327 g/mol. The molecule has 7 heteroatoms. The zero-order chi connectivity index (χ0) is 16.7. The third-order valence-corrected chi connectivity index (χ3v) is 4.92. The van der Waals surface area contributed by atoms with E-state index in [1.807, 2.05) is 25.2 Å². The van der Waals surface area contributed by atoms with Gasteiger partial charge in [-0.15, -0.1) is 0 Å². The quantitative estimate of drug-likeness (QED) is 0.786. The Balaban J connectivity index is 1.69. The molecule has 7 nitrogen and oxygen atoms in total. The number of carbonyl (C=O) groups is 2. The molecule has 1 aromatic carbocycles. The van der Waals surface area contributed by atoms with Gasteiger partial charge in [0.2, 0.25) is 17.8 Å². The maximum Gasteiger partial charge on any atom is 0.234 e. The van der Waals surface area contributed by atoms with Crippen molar-refractivity contribution in [2.24, 2.45) is 7.05 Å². The largest absolute Gasteiger partial charge is 0.340 e. The summed E-state index contributed by atoms with van der Waals surface area (Å²) < 4.78 is 2.09. The molecule has 4 rings (SSSR count). The number of hydrogen-bond donors (Lipinski definition) is 2. The summed E-state index contributed by atoms with van der Waals surface area (Å²) in [5, 5.41) is 5.78. The second-order valence-electron chi connectivity index (χ2n) is 6.46. The monoisotopic (exact) mass is 327 g/mol. The molecule has 1 atom stereocenters. The summed E-state index contributed by atoms with van der Waals surface area (Å²) >= 11 is 0. The van der Waals surface area contributed by atoms with E-state index in [0.29, 0.717) is 12.8 Å². The minimum Gasteiger partial charge on any atom is -0.340 e. The number of benzene rings is 1. The number of imide groups is 1. The van der Waals surface area contributed by atoms with Gasteiger partial charge in [-0.05, 0) is 24.1 Å². The number of anilines is 1. The van der Waals surface area contributed by atoms with Gasteiger partial charge < -0.3 is 14.8 Å². The highest BCUT2D eigenvalue weighted by molar-refractivity contribution is 6.01. The van der Waals surface area contributed by atoms with Crippen molar-refractivity contribution >= 4 is 28.8 Å². The first-order chi connectivity index (χ1) is 11.6. The van der Waals surface area contributed by atoms with Gasteiger partial charge in [0.15, 0.2) is 0 Å². The van der Waals surface area contributed by atoms with Gasteiger partial charge in [0, 0.05) is 39.6 Å². The maximum atomic E-state index is 12.1. The lowest BCUT2D eigenvalue weighted by Gasteiger charge is -2.28. The van der Waals surface area contributed by atoms with Gasteiger partial charge in [-0.3, -0.25) is 14.9 Å². The summed E-state index contributed by atoms with van der Waals surface area (Å²) in [5.41, 5.74) is 2.90. The zero-order valence-corrected chi connectivity index (χ0v) is 13.7. The molecule has 2 amide bonds. The third-order valence-electron chi connectivity index (χ3n) is 4.92. The van der Waals surface area contributed by atoms with Crippen LogP contribution in [0.3, 0.4) is 0 Å². The van der Waals surface area contributed by atoms with E-state index in [9.17, 15) is 9.59 Å². The molecule has 126 valence electrons. The van der Waals surface area contributed by atoms with Crippen molar-refractivity contribution in [2.75, 3.05) is 31.1 Å². The Hall–Kier alpha value is -2.41. The molecule has 0 spiro atoms. The molecule has 2 N–H and O–H groups in total. The van der Waals surface area contributed by atoms with E-state index in [1.54, 1.807) is 0 Å². The highest BCUT2D eigenvalue weighted by Crippen LogP contribution is 2.29. The first-order valence-electron chi connectivity index (χ1n) is 8.39. The predicted octanol–water partition coefficient (Wildman–Crippen LogP) is 0.503. The Kier molecular flexibility index (Phi) is 3.72. The minimum absolute atomic E-state index is 0.182. The van der Waals surface area contributed by atoms with Gasteiger partial charge in [0.05, 0.1) is 17.0 Å². The number of rotatable bonds is 2. The highest BCUT2D eigenvalue weighted by atomic mass is 16.2. The zero-order valence-electron chi connectivity index (χ0n) is 13.7. The molecule has 0 radical (unpaired) electrons. The fraction of sp³-hybridized carbons (Fsp3) is 0.471. The van der Waals surface area contributed by atoms with Gasteiger partial charge in [0.1, 0.15) is 0 Å². The van der Waals surface area contributed by atoms with Crippen LogP contribution in [0.4, 0.5) is 5.95 Å². The molecular formula is C17H21N5O2. The van der Waals surface area contributed by atoms with Crippen LogP contribution in [0.5, 0.6) is 0 Å². The number of aromatic nitrogens is 2. The lowest BCUT2D eigenvalue weighted by atomic mass is 9.90. The summed E-state index contributed by atoms with van der Waals surface area (Å²) in [5.74, 6) is 0.325. The Labute approximate surface area is 140 Å². The normalized spacial score (nSPS) is 22.0. The van der Waals surface area contributed by atoms with E-state index in [-0.39, 0.29) is 17.7 Å². The number of aryl methyl sites for hydroxylation is 1. The van der Waals surface area contributed by atoms with Crippen LogP contribution in [0.25, 0.3) is 11.0 Å². The van der Waals surface area contributed by atoms with Crippen molar-refractivity contribution in [3.63, 3.8) is 0 Å². The summed E-state index contributed by atoms with van der Waals surface area (Å²) in [4.78, 5) is 30.5. The number of piperidine rings is 1. The van der Waals surface area contributed by atoms with Crippen LogP contribution in [0.15, 0.2) is 18.2 Å². The van der Waals surface area contributed by atoms with Crippen LogP contribution in [0.2, 0.25) is 0 Å². The van der Waals surface area contributed by atoms with Crippen molar-refractivity contribution in [1.29, 1.82) is 0 Å². The molecule has 0 aliphatic carbocycles. The number of amides is 2. The number of nitrogens with one attached hydrogen (secondary N) is 2. The van der Waals surface area contributed by atoms with Crippen molar-refractivity contribution in [3.05, 3.63) is 23.8 Å². The number of imidazole rings is 1. The van der Waals surface area contributed by atoms with Crippen LogP contribution < -0.4 is 15.5 Å². The fourth-order valence-corrected chi connectivity index (χ4v) is 3.57. The standard InChI is InChI=1S/C17H21N5O2/c1-21-14-10-11(12-3-5-15(23)20-16(12)24)2-4-13(14)19-17(21)22-8-6-18-7-9-22/h2,4,10,12,18H,3,5-9H2,1H3,(H,20,23,24). The second kappa shape index (κ2) is 5.90. The van der Waals surface area contributed by atoms with Crippen molar-refractivity contribution in [1.82, 2.24) is 20.2 Å². The van der Waals surface area contributed by atoms with Crippen LogP contribution >= 0.6 is 0 Å². The topological polar surface area (TPSA) is 79.3 Å². The number of fused-ring (bicyclic) bond motifs is 1. The average Bonchev–Trinajstić information content (AvgIpc) is 2.92. The first-order valence-corrected chi connectivity index (χ1v) is 8.39. The van der Waals surface area contributed by atoms with Crippen LogP contribution in [-0.4, -0.2) is 47.5 Å². The molecule has 0 saturated carbocycles. The van der Waals surface area contributed by atoms with Crippen LogP contribution in [0, 0.1) is 0 Å². The number of piperazine rings is 1. The van der Waals surface area contributed by atoms with Crippen molar-refractivity contribution in [2.45, 2.75) is 18.8 Å². The smallest absolute Gasteiger partial charge is 0.234 e. The van der Waals surface area contributed by atoms with E-state index in [1.165, 1.54) is 0 Å². The van der Waals surface area contributed by atoms with Crippen molar-refractivity contribution < 1.29 is 9.59 Å². The molecule has 2 aliphatic rings. The van der Waals surface area contributed by atoms with Crippen molar-refractivity contribution in [3.8, 4) is 0 Å². The van der Waals surface area contributed by atoms with E-state index in [0.717, 1.165) is 48.7 Å². The summed E-state index contributed by atoms with van der Waals surface area (Å²) in [7, 11) is 2.01. The van der Waals surface area contributed by atoms with Crippen LogP contribution in [-0.2, 0) is 16.6 Å². The Morgan fingerprint density at radius 1 is 1.21 bits per heavy atom. The number of carbonyl (C=O) groups excluding carboxylic acids is 2. The molecule has 24 heavy (non-hydrogen) atoms. The maximum absolute atomic E-state index is 12.1. The van der Waals surface area contributed by atoms with Gasteiger partial charge in [-0.1, -0.05) is 6.07 Å². The van der Waals surface area contributed by atoms with E-state index in [4.69, 9.17) is 4.98 Å². The third kappa shape index (κ3) is 2.54. The van der Waals surface area contributed by atoms with E-state index in [2.05, 4.69) is 20.1 Å². The molecule has 2 aromatic rings.